The zero-order chi connectivity index (χ0) is 21.6. The topological polar surface area (TPSA) is 89.8 Å². The quantitative estimate of drug-likeness (QED) is 0.383. The van der Waals surface area contributed by atoms with Gasteiger partial charge < -0.3 is 19.9 Å². The highest BCUT2D eigenvalue weighted by atomic mass is 16.5. The fourth-order valence-electron chi connectivity index (χ4n) is 4.14. The predicted octanol–water partition coefficient (Wildman–Crippen LogP) is 4.96. The van der Waals surface area contributed by atoms with Crippen molar-refractivity contribution in [2.45, 2.75) is 38.1 Å². The number of benzene rings is 1. The summed E-state index contributed by atoms with van der Waals surface area (Å²) in [5.74, 6) is 2.07. The van der Waals surface area contributed by atoms with Gasteiger partial charge in [-0.1, -0.05) is 37.5 Å². The third-order valence-electron chi connectivity index (χ3n) is 5.71. The lowest BCUT2D eigenvalue weighted by Gasteiger charge is -2.23. The summed E-state index contributed by atoms with van der Waals surface area (Å²) in [4.78, 5) is 18.4. The molecule has 4 aromatic rings. The Labute approximate surface area is 187 Å². The summed E-state index contributed by atoms with van der Waals surface area (Å²) in [6.45, 7) is 1.12. The van der Waals surface area contributed by atoms with Crippen LogP contribution in [0.5, 0.6) is 5.75 Å². The molecule has 8 nitrogen and oxygen atoms in total. The van der Waals surface area contributed by atoms with Crippen LogP contribution in [0.1, 0.15) is 38.1 Å². The van der Waals surface area contributed by atoms with Crippen LogP contribution in [-0.2, 0) is 0 Å². The number of fused-ring (bicyclic) bond motifs is 1. The van der Waals surface area contributed by atoms with Crippen molar-refractivity contribution in [3.63, 3.8) is 0 Å². The van der Waals surface area contributed by atoms with Crippen LogP contribution < -0.4 is 15.4 Å². The average molecular weight is 430 g/mol. The van der Waals surface area contributed by atoms with Gasteiger partial charge in [0.15, 0.2) is 17.0 Å². The van der Waals surface area contributed by atoms with E-state index in [0.717, 1.165) is 35.4 Å². The first-order valence-electron chi connectivity index (χ1n) is 11.2. The molecule has 1 aliphatic rings. The molecule has 0 amide bonds. The Bertz CT molecular complexity index is 1140. The van der Waals surface area contributed by atoms with Crippen molar-refractivity contribution in [1.82, 2.24) is 24.5 Å². The summed E-state index contributed by atoms with van der Waals surface area (Å²) in [7, 11) is 0. The molecule has 1 aliphatic carbocycles. The van der Waals surface area contributed by atoms with E-state index in [1.165, 1.54) is 19.3 Å². The van der Waals surface area contributed by atoms with Crippen LogP contribution >= 0.6 is 0 Å². The normalized spacial score (nSPS) is 14.4. The number of anilines is 3. The monoisotopic (exact) mass is 429 g/mol. The molecule has 1 fully saturated rings. The summed E-state index contributed by atoms with van der Waals surface area (Å²) in [6, 6.07) is 14.1. The second-order valence-electron chi connectivity index (χ2n) is 7.97. The van der Waals surface area contributed by atoms with Crippen LogP contribution in [0.4, 0.5) is 17.5 Å². The van der Waals surface area contributed by atoms with Crippen LogP contribution in [0, 0.1) is 0 Å². The van der Waals surface area contributed by atoms with E-state index in [-0.39, 0.29) is 0 Å². The Kier molecular flexibility index (Phi) is 6.09. The molecular weight excluding hydrogens is 402 g/mol. The van der Waals surface area contributed by atoms with E-state index >= 15 is 0 Å². The molecule has 0 saturated heterocycles. The van der Waals surface area contributed by atoms with Crippen molar-refractivity contribution in [3.8, 4) is 5.75 Å². The number of imidazole rings is 1. The van der Waals surface area contributed by atoms with E-state index in [0.29, 0.717) is 31.0 Å². The molecule has 0 bridgehead atoms. The Balaban J connectivity index is 1.39. The molecular formula is C24H27N7O. The first kappa shape index (κ1) is 20.2. The van der Waals surface area contributed by atoms with Crippen molar-refractivity contribution in [2.75, 3.05) is 23.8 Å². The zero-order valence-corrected chi connectivity index (χ0v) is 17.9. The molecule has 0 radical (unpaired) electrons. The van der Waals surface area contributed by atoms with Gasteiger partial charge >= 0.3 is 0 Å². The van der Waals surface area contributed by atoms with Crippen LogP contribution in [-0.4, -0.2) is 37.7 Å². The maximum Gasteiger partial charge on any atom is 0.231 e. The number of hydrogen-bond donors (Lipinski definition) is 2. The molecule has 0 atom stereocenters. The lowest BCUT2D eigenvalue weighted by molar-refractivity contribution is 0.333. The SMILES string of the molecule is c1ccc(OCCNc2nc(Nc3cccnc3)nc3c2ncn3C2CCCCC2)cc1. The number of ether oxygens (including phenoxy) is 1. The van der Waals surface area contributed by atoms with Gasteiger partial charge in [-0.3, -0.25) is 4.98 Å². The molecule has 3 heterocycles. The number of aromatic nitrogens is 5. The number of rotatable bonds is 8. The third kappa shape index (κ3) is 4.64. The number of nitrogens with zero attached hydrogens (tertiary/aromatic N) is 5. The summed E-state index contributed by atoms with van der Waals surface area (Å²) in [5, 5.41) is 6.67. The second kappa shape index (κ2) is 9.64. The van der Waals surface area contributed by atoms with Crippen molar-refractivity contribution >= 4 is 28.6 Å². The van der Waals surface area contributed by atoms with Gasteiger partial charge in [-0.25, -0.2) is 4.98 Å². The van der Waals surface area contributed by atoms with E-state index in [1.54, 1.807) is 12.4 Å². The maximum absolute atomic E-state index is 5.81. The number of hydrogen-bond acceptors (Lipinski definition) is 7. The highest BCUT2D eigenvalue weighted by Gasteiger charge is 2.21. The van der Waals surface area contributed by atoms with E-state index in [1.807, 2.05) is 48.8 Å². The van der Waals surface area contributed by atoms with Crippen LogP contribution in [0.15, 0.2) is 61.2 Å². The van der Waals surface area contributed by atoms with Gasteiger partial charge in [0.1, 0.15) is 12.4 Å². The molecule has 5 rings (SSSR count). The summed E-state index contributed by atoms with van der Waals surface area (Å²) >= 11 is 0. The molecule has 1 saturated carbocycles. The van der Waals surface area contributed by atoms with Gasteiger partial charge in [0.25, 0.3) is 0 Å². The van der Waals surface area contributed by atoms with Crippen molar-refractivity contribution in [2.24, 2.45) is 0 Å². The van der Waals surface area contributed by atoms with Gasteiger partial charge in [0.05, 0.1) is 24.8 Å². The predicted molar refractivity (Wildman–Crippen MR) is 125 cm³/mol. The van der Waals surface area contributed by atoms with Gasteiger partial charge in [-0.2, -0.15) is 9.97 Å². The number of pyridine rings is 1. The fourth-order valence-corrected chi connectivity index (χ4v) is 4.14. The minimum absolute atomic E-state index is 0.434. The summed E-state index contributed by atoms with van der Waals surface area (Å²) < 4.78 is 8.03. The Morgan fingerprint density at radius 2 is 1.88 bits per heavy atom. The molecule has 0 aliphatic heterocycles. The van der Waals surface area contributed by atoms with Gasteiger partial charge in [-0.05, 0) is 37.1 Å². The molecule has 164 valence electrons. The smallest absolute Gasteiger partial charge is 0.231 e. The van der Waals surface area contributed by atoms with Crippen LogP contribution in [0.2, 0.25) is 0 Å². The average Bonchev–Trinajstić information content (AvgIpc) is 3.28. The van der Waals surface area contributed by atoms with Crippen molar-refractivity contribution in [1.29, 1.82) is 0 Å². The lowest BCUT2D eigenvalue weighted by Crippen LogP contribution is -2.15. The third-order valence-corrected chi connectivity index (χ3v) is 5.71. The van der Waals surface area contributed by atoms with Crippen LogP contribution in [0.3, 0.4) is 0 Å². The van der Waals surface area contributed by atoms with E-state index in [9.17, 15) is 0 Å². The molecule has 8 heteroatoms. The van der Waals surface area contributed by atoms with E-state index in [4.69, 9.17) is 14.7 Å². The molecule has 0 spiro atoms. The maximum atomic E-state index is 5.81. The molecule has 3 aromatic heterocycles. The minimum Gasteiger partial charge on any atom is -0.492 e. The summed E-state index contributed by atoms with van der Waals surface area (Å²) in [5.41, 5.74) is 2.48. The molecule has 32 heavy (non-hydrogen) atoms. The Morgan fingerprint density at radius 1 is 1.00 bits per heavy atom. The molecule has 2 N–H and O–H groups in total. The second-order valence-corrected chi connectivity index (χ2v) is 7.97. The molecule has 0 unspecified atom stereocenters. The molecule has 1 aromatic carbocycles. The van der Waals surface area contributed by atoms with Gasteiger partial charge in [0, 0.05) is 12.2 Å². The highest BCUT2D eigenvalue weighted by Crippen LogP contribution is 2.32. The van der Waals surface area contributed by atoms with Crippen molar-refractivity contribution < 1.29 is 4.74 Å². The standard InChI is InChI=1S/C24H27N7O/c1-3-9-19(10-4-1)31-17-27-21-22(26-14-15-32-20-11-5-2-6-12-20)29-24(30-23(21)31)28-18-8-7-13-25-16-18/h2,5-8,11-13,16-17,19H,1,3-4,9-10,14-15H2,(H2,26,28,29,30). The minimum atomic E-state index is 0.434. The lowest BCUT2D eigenvalue weighted by atomic mass is 9.95. The van der Waals surface area contributed by atoms with E-state index < -0.39 is 0 Å². The first-order chi connectivity index (χ1) is 15.9. The summed E-state index contributed by atoms with van der Waals surface area (Å²) in [6.07, 6.45) is 11.5. The first-order valence-corrected chi connectivity index (χ1v) is 11.2. The van der Waals surface area contributed by atoms with Crippen molar-refractivity contribution in [3.05, 3.63) is 61.2 Å². The highest BCUT2D eigenvalue weighted by molar-refractivity contribution is 5.84. The zero-order valence-electron chi connectivity index (χ0n) is 17.9. The van der Waals surface area contributed by atoms with Crippen LogP contribution in [0.25, 0.3) is 11.2 Å². The van der Waals surface area contributed by atoms with E-state index in [2.05, 4.69) is 25.2 Å². The number of para-hydroxylation sites is 1. The fraction of sp³-hybridized carbons (Fsp3) is 0.333. The van der Waals surface area contributed by atoms with Gasteiger partial charge in [-0.15, -0.1) is 0 Å². The Hall–Kier alpha value is -3.68. The number of nitrogens with one attached hydrogen (secondary N) is 2. The van der Waals surface area contributed by atoms with Gasteiger partial charge in [0.2, 0.25) is 5.95 Å². The Morgan fingerprint density at radius 3 is 2.69 bits per heavy atom. The largest absolute Gasteiger partial charge is 0.492 e.